The number of thiazole rings is 1. The highest BCUT2D eigenvalue weighted by Gasteiger charge is 2.28. The number of nitrogens with one attached hydrogen (secondary N) is 2. The van der Waals surface area contributed by atoms with Crippen LogP contribution < -0.4 is 10.1 Å². The number of rotatable bonds is 5. The number of benzene rings is 1. The third kappa shape index (κ3) is 4.01. The van der Waals surface area contributed by atoms with E-state index >= 15 is 0 Å². The van der Waals surface area contributed by atoms with Crippen LogP contribution in [0, 0.1) is 13.8 Å². The molecule has 156 valence electrons. The van der Waals surface area contributed by atoms with Gasteiger partial charge in [-0.3, -0.25) is 10.1 Å². The zero-order valence-corrected chi connectivity index (χ0v) is 18.1. The number of hydrogen-bond acceptors (Lipinski definition) is 7. The Labute approximate surface area is 178 Å². The van der Waals surface area contributed by atoms with Crippen molar-refractivity contribution in [3.8, 4) is 0 Å². The topological polar surface area (TPSA) is 114 Å². The van der Waals surface area contributed by atoms with Crippen LogP contribution in [0.3, 0.4) is 0 Å². The van der Waals surface area contributed by atoms with Gasteiger partial charge < -0.3 is 4.42 Å². The average Bonchev–Trinajstić information content (AvgIpc) is 3.35. The summed E-state index contributed by atoms with van der Waals surface area (Å²) in [7, 11) is -3.79. The van der Waals surface area contributed by atoms with Crippen molar-refractivity contribution in [2.45, 2.75) is 38.0 Å². The molecule has 0 aliphatic heterocycles. The van der Waals surface area contributed by atoms with Crippen LogP contribution in [-0.2, 0) is 16.4 Å². The zero-order chi connectivity index (χ0) is 21.3. The summed E-state index contributed by atoms with van der Waals surface area (Å²) in [5.41, 5.74) is 2.85. The standard InChI is InChI=1S/C20H20N4O4S2/c1-12-6-8-14(9-7-12)30(26,27)24-23-15-4-3-5-16-17(15)13(2)18(28-16)19(25)22-20-21-10-11-29-20/h6-11,24H,3-5H2,1-2H3,(H,21,22,25)/b23-15+. The van der Waals surface area contributed by atoms with Crippen molar-refractivity contribution in [2.75, 3.05) is 5.32 Å². The molecule has 1 aliphatic carbocycles. The van der Waals surface area contributed by atoms with Crippen molar-refractivity contribution in [3.05, 3.63) is 64.1 Å². The van der Waals surface area contributed by atoms with Crippen LogP contribution in [0.1, 0.15) is 45.8 Å². The van der Waals surface area contributed by atoms with Crippen molar-refractivity contribution < 1.29 is 17.6 Å². The number of aromatic nitrogens is 1. The van der Waals surface area contributed by atoms with Crippen LogP contribution in [0.4, 0.5) is 5.13 Å². The van der Waals surface area contributed by atoms with Gasteiger partial charge in [0.25, 0.3) is 15.9 Å². The SMILES string of the molecule is Cc1ccc(S(=O)(=O)N/N=C2\CCCc3oc(C(=O)Nc4nccs4)c(C)c32)cc1. The van der Waals surface area contributed by atoms with Crippen molar-refractivity contribution in [2.24, 2.45) is 5.10 Å². The second kappa shape index (κ2) is 8.04. The molecule has 10 heteroatoms. The first-order valence-corrected chi connectivity index (χ1v) is 11.7. The predicted octanol–water partition coefficient (Wildman–Crippen LogP) is 3.62. The summed E-state index contributed by atoms with van der Waals surface area (Å²) in [6.07, 6.45) is 3.59. The third-order valence-corrected chi connectivity index (χ3v) is 6.73. The molecule has 0 atom stereocenters. The van der Waals surface area contributed by atoms with E-state index in [9.17, 15) is 13.2 Å². The first-order valence-electron chi connectivity index (χ1n) is 9.33. The molecule has 1 aliphatic rings. The maximum Gasteiger partial charge on any atom is 0.293 e. The fourth-order valence-electron chi connectivity index (χ4n) is 3.32. The summed E-state index contributed by atoms with van der Waals surface area (Å²) in [6.45, 7) is 3.66. The Hall–Kier alpha value is -2.98. The number of aryl methyl sites for hydroxylation is 2. The maximum absolute atomic E-state index is 12.6. The quantitative estimate of drug-likeness (QED) is 0.584. The highest BCUT2D eigenvalue weighted by molar-refractivity contribution is 7.89. The molecule has 0 fully saturated rings. The van der Waals surface area contributed by atoms with Crippen LogP contribution in [0.25, 0.3) is 0 Å². The predicted molar refractivity (Wildman–Crippen MR) is 114 cm³/mol. The highest BCUT2D eigenvalue weighted by atomic mass is 32.2. The van der Waals surface area contributed by atoms with E-state index < -0.39 is 15.9 Å². The molecule has 3 aromatic rings. The van der Waals surface area contributed by atoms with Gasteiger partial charge in [0.2, 0.25) is 0 Å². The molecular formula is C20H20N4O4S2. The van der Waals surface area contributed by atoms with E-state index in [1.165, 1.54) is 23.5 Å². The number of fused-ring (bicyclic) bond motifs is 1. The lowest BCUT2D eigenvalue weighted by molar-refractivity contribution is 0.0994. The molecule has 0 unspecified atom stereocenters. The van der Waals surface area contributed by atoms with Gasteiger partial charge in [0, 0.05) is 29.1 Å². The van der Waals surface area contributed by atoms with Crippen molar-refractivity contribution >= 4 is 38.1 Å². The Bertz CT molecular complexity index is 1210. The summed E-state index contributed by atoms with van der Waals surface area (Å²) >= 11 is 1.31. The number of sulfonamides is 1. The van der Waals surface area contributed by atoms with Gasteiger partial charge in [0.15, 0.2) is 10.9 Å². The van der Waals surface area contributed by atoms with Gasteiger partial charge in [-0.25, -0.2) is 4.98 Å². The molecule has 1 amide bonds. The van der Waals surface area contributed by atoms with Crippen LogP contribution in [0.2, 0.25) is 0 Å². The molecule has 8 nitrogen and oxygen atoms in total. The summed E-state index contributed by atoms with van der Waals surface area (Å²) < 4.78 is 30.9. The van der Waals surface area contributed by atoms with Gasteiger partial charge in [0.05, 0.1) is 10.6 Å². The van der Waals surface area contributed by atoms with Gasteiger partial charge in [-0.15, -0.1) is 11.3 Å². The Morgan fingerprint density at radius 2 is 1.97 bits per heavy atom. The lowest BCUT2D eigenvalue weighted by atomic mass is 9.93. The van der Waals surface area contributed by atoms with E-state index in [1.807, 2.05) is 6.92 Å². The minimum atomic E-state index is -3.79. The monoisotopic (exact) mass is 444 g/mol. The number of carbonyl (C=O) groups excluding carboxylic acids is 1. The fraction of sp³-hybridized carbons (Fsp3) is 0.250. The fourth-order valence-corrected chi connectivity index (χ4v) is 4.68. The molecule has 1 aromatic carbocycles. The molecular weight excluding hydrogens is 424 g/mol. The number of nitrogens with zero attached hydrogens (tertiary/aromatic N) is 2. The van der Waals surface area contributed by atoms with Crippen LogP contribution in [-0.4, -0.2) is 25.0 Å². The molecule has 0 saturated heterocycles. The lowest BCUT2D eigenvalue weighted by Crippen LogP contribution is -2.22. The average molecular weight is 445 g/mol. The lowest BCUT2D eigenvalue weighted by Gasteiger charge is -2.14. The smallest absolute Gasteiger partial charge is 0.293 e. The minimum Gasteiger partial charge on any atom is -0.455 e. The molecule has 2 heterocycles. The molecule has 2 N–H and O–H groups in total. The van der Waals surface area contributed by atoms with E-state index in [4.69, 9.17) is 4.42 Å². The second-order valence-electron chi connectivity index (χ2n) is 6.97. The van der Waals surface area contributed by atoms with E-state index in [-0.39, 0.29) is 10.7 Å². The largest absolute Gasteiger partial charge is 0.455 e. The number of hydrogen-bond donors (Lipinski definition) is 2. The molecule has 4 rings (SSSR count). The van der Waals surface area contributed by atoms with E-state index in [1.54, 1.807) is 30.6 Å². The van der Waals surface area contributed by atoms with Gasteiger partial charge >= 0.3 is 0 Å². The summed E-state index contributed by atoms with van der Waals surface area (Å²) in [5.74, 6) is 0.430. The molecule has 30 heavy (non-hydrogen) atoms. The van der Waals surface area contributed by atoms with Crippen molar-refractivity contribution in [1.82, 2.24) is 9.82 Å². The molecule has 0 saturated carbocycles. The van der Waals surface area contributed by atoms with Gasteiger partial charge in [0.1, 0.15) is 5.76 Å². The van der Waals surface area contributed by atoms with E-state index in [0.29, 0.717) is 40.6 Å². The number of carbonyl (C=O) groups is 1. The van der Waals surface area contributed by atoms with E-state index in [2.05, 4.69) is 20.2 Å². The van der Waals surface area contributed by atoms with Crippen LogP contribution >= 0.6 is 11.3 Å². The summed E-state index contributed by atoms with van der Waals surface area (Å²) in [5, 5.41) is 9.13. The van der Waals surface area contributed by atoms with Gasteiger partial charge in [-0.05, 0) is 38.8 Å². The molecule has 0 spiro atoms. The van der Waals surface area contributed by atoms with E-state index in [0.717, 1.165) is 12.0 Å². The first kappa shape index (κ1) is 20.3. The Balaban J connectivity index is 1.61. The number of furan rings is 1. The Kier molecular flexibility index (Phi) is 5.44. The minimum absolute atomic E-state index is 0.140. The second-order valence-corrected chi connectivity index (χ2v) is 9.52. The van der Waals surface area contributed by atoms with Crippen molar-refractivity contribution in [3.63, 3.8) is 0 Å². The summed E-state index contributed by atoms with van der Waals surface area (Å²) in [4.78, 5) is 19.1. The molecule has 0 bridgehead atoms. The zero-order valence-electron chi connectivity index (χ0n) is 16.4. The summed E-state index contributed by atoms with van der Waals surface area (Å²) in [6, 6.07) is 6.53. The first-order chi connectivity index (χ1) is 14.3. The normalized spacial score (nSPS) is 15.1. The van der Waals surface area contributed by atoms with Gasteiger partial charge in [-0.1, -0.05) is 17.7 Å². The van der Waals surface area contributed by atoms with Crippen LogP contribution in [0.15, 0.2) is 50.3 Å². The third-order valence-electron chi connectivity index (χ3n) is 4.82. The number of anilines is 1. The maximum atomic E-state index is 12.6. The van der Waals surface area contributed by atoms with Crippen LogP contribution in [0.5, 0.6) is 0 Å². The molecule has 0 radical (unpaired) electrons. The Morgan fingerprint density at radius 1 is 1.20 bits per heavy atom. The number of hydrazone groups is 1. The van der Waals surface area contributed by atoms with Crippen molar-refractivity contribution in [1.29, 1.82) is 0 Å². The number of amides is 1. The van der Waals surface area contributed by atoms with Gasteiger partial charge in [-0.2, -0.15) is 18.4 Å². The molecule has 2 aromatic heterocycles. The highest BCUT2D eigenvalue weighted by Crippen LogP contribution is 2.30. The Morgan fingerprint density at radius 3 is 2.67 bits per heavy atom.